The SMILES string of the molecule is C=C(OCCCC)c1ccc(Cl)nn1. The van der Waals surface area contributed by atoms with Gasteiger partial charge in [0.25, 0.3) is 0 Å². The first-order valence-electron chi connectivity index (χ1n) is 4.55. The van der Waals surface area contributed by atoms with Gasteiger partial charge in [-0.15, -0.1) is 10.2 Å². The van der Waals surface area contributed by atoms with E-state index in [1.54, 1.807) is 12.1 Å². The van der Waals surface area contributed by atoms with Gasteiger partial charge in [0.2, 0.25) is 0 Å². The van der Waals surface area contributed by atoms with Gasteiger partial charge in [-0.3, -0.25) is 0 Å². The van der Waals surface area contributed by atoms with Crippen molar-refractivity contribution in [2.45, 2.75) is 19.8 Å². The average molecular weight is 213 g/mol. The highest BCUT2D eigenvalue weighted by Crippen LogP contribution is 2.12. The molecule has 0 bridgehead atoms. The molecule has 0 aliphatic rings. The molecule has 0 aromatic carbocycles. The van der Waals surface area contributed by atoms with Gasteiger partial charge in [0, 0.05) is 0 Å². The fraction of sp³-hybridized carbons (Fsp3) is 0.400. The number of rotatable bonds is 5. The van der Waals surface area contributed by atoms with Gasteiger partial charge in [-0.05, 0) is 18.6 Å². The van der Waals surface area contributed by atoms with Crippen LogP contribution in [0.2, 0.25) is 5.15 Å². The Kier molecular flexibility index (Phi) is 4.40. The molecule has 0 fully saturated rings. The predicted octanol–water partition coefficient (Wildman–Crippen LogP) is 2.92. The molecule has 14 heavy (non-hydrogen) atoms. The van der Waals surface area contributed by atoms with E-state index >= 15 is 0 Å². The van der Waals surface area contributed by atoms with E-state index in [9.17, 15) is 0 Å². The molecular formula is C10H13ClN2O. The van der Waals surface area contributed by atoms with Gasteiger partial charge < -0.3 is 4.74 Å². The summed E-state index contributed by atoms with van der Waals surface area (Å²) in [6.45, 7) is 6.53. The molecule has 0 saturated heterocycles. The minimum atomic E-state index is 0.370. The van der Waals surface area contributed by atoms with Crippen molar-refractivity contribution in [3.05, 3.63) is 29.6 Å². The molecule has 0 saturated carbocycles. The Hall–Kier alpha value is -1.09. The molecular weight excluding hydrogens is 200 g/mol. The number of aromatic nitrogens is 2. The van der Waals surface area contributed by atoms with E-state index < -0.39 is 0 Å². The van der Waals surface area contributed by atoms with E-state index in [1.807, 2.05) is 0 Å². The summed E-state index contributed by atoms with van der Waals surface area (Å²) in [5.41, 5.74) is 0.630. The number of nitrogens with zero attached hydrogens (tertiary/aromatic N) is 2. The van der Waals surface area contributed by atoms with Crippen molar-refractivity contribution in [2.24, 2.45) is 0 Å². The van der Waals surface area contributed by atoms with Crippen LogP contribution in [-0.2, 0) is 4.74 Å². The van der Waals surface area contributed by atoms with Crippen LogP contribution in [0.3, 0.4) is 0 Å². The molecule has 0 aliphatic heterocycles. The molecule has 4 heteroatoms. The van der Waals surface area contributed by atoms with Gasteiger partial charge in [0.15, 0.2) is 5.15 Å². The van der Waals surface area contributed by atoms with E-state index in [1.165, 1.54) is 0 Å². The fourth-order valence-electron chi connectivity index (χ4n) is 0.878. The molecule has 0 unspecified atom stereocenters. The Morgan fingerprint density at radius 1 is 1.50 bits per heavy atom. The molecule has 0 amide bonds. The van der Waals surface area contributed by atoms with Crippen LogP contribution in [-0.4, -0.2) is 16.8 Å². The van der Waals surface area contributed by atoms with Crippen LogP contribution in [0.25, 0.3) is 5.76 Å². The van der Waals surface area contributed by atoms with Crippen molar-refractivity contribution in [1.29, 1.82) is 0 Å². The fourth-order valence-corrected chi connectivity index (χ4v) is 0.979. The molecule has 1 heterocycles. The first kappa shape index (κ1) is 11.0. The zero-order chi connectivity index (χ0) is 10.4. The first-order valence-corrected chi connectivity index (χ1v) is 4.93. The third kappa shape index (κ3) is 3.34. The number of ether oxygens (including phenoxy) is 1. The maximum absolute atomic E-state index is 5.60. The molecule has 0 spiro atoms. The Labute approximate surface area is 88.8 Å². The van der Waals surface area contributed by atoms with E-state index in [4.69, 9.17) is 16.3 Å². The van der Waals surface area contributed by atoms with Gasteiger partial charge in [0.1, 0.15) is 11.5 Å². The minimum Gasteiger partial charge on any atom is -0.492 e. The molecule has 1 aromatic heterocycles. The van der Waals surface area contributed by atoms with Crippen molar-refractivity contribution in [2.75, 3.05) is 6.61 Å². The van der Waals surface area contributed by atoms with Crippen LogP contribution < -0.4 is 0 Å². The molecule has 3 nitrogen and oxygen atoms in total. The number of hydrogen-bond donors (Lipinski definition) is 0. The predicted molar refractivity (Wildman–Crippen MR) is 56.9 cm³/mol. The second-order valence-electron chi connectivity index (χ2n) is 2.87. The van der Waals surface area contributed by atoms with Crippen LogP contribution in [0.5, 0.6) is 0 Å². The quantitative estimate of drug-likeness (QED) is 0.556. The summed E-state index contributed by atoms with van der Waals surface area (Å²) in [6, 6.07) is 3.40. The van der Waals surface area contributed by atoms with Crippen molar-refractivity contribution in [3.63, 3.8) is 0 Å². The highest BCUT2D eigenvalue weighted by Gasteiger charge is 2.01. The highest BCUT2D eigenvalue weighted by atomic mass is 35.5. The topological polar surface area (TPSA) is 35.0 Å². The summed E-state index contributed by atoms with van der Waals surface area (Å²) in [5, 5.41) is 7.92. The minimum absolute atomic E-state index is 0.370. The second-order valence-corrected chi connectivity index (χ2v) is 3.25. The number of hydrogen-bond acceptors (Lipinski definition) is 3. The third-order valence-electron chi connectivity index (χ3n) is 1.69. The summed E-state index contributed by atoms with van der Waals surface area (Å²) in [6.07, 6.45) is 2.11. The van der Waals surface area contributed by atoms with Crippen LogP contribution in [0.1, 0.15) is 25.5 Å². The van der Waals surface area contributed by atoms with Gasteiger partial charge in [-0.1, -0.05) is 31.5 Å². The lowest BCUT2D eigenvalue weighted by Gasteiger charge is -2.06. The highest BCUT2D eigenvalue weighted by molar-refractivity contribution is 6.29. The van der Waals surface area contributed by atoms with E-state index in [0.29, 0.717) is 23.2 Å². The number of unbranched alkanes of at least 4 members (excludes halogenated alkanes) is 1. The van der Waals surface area contributed by atoms with E-state index in [-0.39, 0.29) is 0 Å². The largest absolute Gasteiger partial charge is 0.492 e. The summed E-state index contributed by atoms with van der Waals surface area (Å²) in [7, 11) is 0. The maximum atomic E-state index is 5.60. The molecule has 1 aromatic rings. The van der Waals surface area contributed by atoms with Crippen molar-refractivity contribution >= 4 is 17.4 Å². The normalized spacial score (nSPS) is 9.86. The molecule has 0 radical (unpaired) electrons. The Morgan fingerprint density at radius 2 is 2.29 bits per heavy atom. The smallest absolute Gasteiger partial charge is 0.151 e. The van der Waals surface area contributed by atoms with Crippen molar-refractivity contribution in [1.82, 2.24) is 10.2 Å². The maximum Gasteiger partial charge on any atom is 0.151 e. The standard InChI is InChI=1S/C10H13ClN2O/c1-3-4-7-14-8(2)9-5-6-10(11)13-12-9/h5-6H,2-4,7H2,1H3. The van der Waals surface area contributed by atoms with E-state index in [2.05, 4.69) is 23.7 Å². The van der Waals surface area contributed by atoms with Crippen LogP contribution in [0.4, 0.5) is 0 Å². The second kappa shape index (κ2) is 5.60. The zero-order valence-electron chi connectivity index (χ0n) is 8.16. The molecule has 1 rings (SSSR count). The number of halogens is 1. The third-order valence-corrected chi connectivity index (χ3v) is 1.89. The summed E-state index contributed by atoms with van der Waals surface area (Å²) in [4.78, 5) is 0. The Balaban J connectivity index is 2.48. The lowest BCUT2D eigenvalue weighted by molar-refractivity contribution is 0.269. The monoisotopic (exact) mass is 212 g/mol. The van der Waals surface area contributed by atoms with Crippen molar-refractivity contribution < 1.29 is 4.74 Å². The Bertz CT molecular complexity index is 297. The summed E-state index contributed by atoms with van der Waals surface area (Å²) >= 11 is 5.60. The average Bonchev–Trinajstić information content (AvgIpc) is 2.19. The van der Waals surface area contributed by atoms with Crippen LogP contribution in [0.15, 0.2) is 18.7 Å². The van der Waals surface area contributed by atoms with Gasteiger partial charge in [-0.2, -0.15) is 0 Å². The molecule has 0 atom stereocenters. The van der Waals surface area contributed by atoms with Crippen LogP contribution >= 0.6 is 11.6 Å². The van der Waals surface area contributed by atoms with Gasteiger partial charge >= 0.3 is 0 Å². The first-order chi connectivity index (χ1) is 6.74. The van der Waals surface area contributed by atoms with E-state index in [0.717, 1.165) is 12.8 Å². The van der Waals surface area contributed by atoms with Gasteiger partial charge in [-0.25, -0.2) is 0 Å². The van der Waals surface area contributed by atoms with Crippen LogP contribution in [0, 0.1) is 0 Å². The summed E-state index contributed by atoms with van der Waals surface area (Å²) < 4.78 is 5.37. The molecule has 0 aliphatic carbocycles. The molecule has 76 valence electrons. The van der Waals surface area contributed by atoms with Crippen molar-refractivity contribution in [3.8, 4) is 0 Å². The summed E-state index contributed by atoms with van der Waals surface area (Å²) in [5.74, 6) is 0.544. The zero-order valence-corrected chi connectivity index (χ0v) is 8.92. The lowest BCUT2D eigenvalue weighted by Crippen LogP contribution is -1.97. The lowest BCUT2D eigenvalue weighted by atomic mass is 10.3. The molecule has 0 N–H and O–H groups in total. The Morgan fingerprint density at radius 3 is 2.86 bits per heavy atom. The van der Waals surface area contributed by atoms with Gasteiger partial charge in [0.05, 0.1) is 6.61 Å².